The van der Waals surface area contributed by atoms with Crippen LogP contribution in [0.25, 0.3) is 0 Å². The highest BCUT2D eigenvalue weighted by Gasteiger charge is 2.21. The second kappa shape index (κ2) is 3.12. The van der Waals surface area contributed by atoms with Gasteiger partial charge < -0.3 is 5.21 Å². The largest absolute Gasteiger partial charge is 0.429 e. The third-order valence-electron chi connectivity index (χ3n) is 1.41. The van der Waals surface area contributed by atoms with Crippen LogP contribution in [0.1, 0.15) is 0 Å². The van der Waals surface area contributed by atoms with Crippen molar-refractivity contribution in [3.63, 3.8) is 0 Å². The van der Waals surface area contributed by atoms with Crippen LogP contribution in [0.15, 0.2) is 12.4 Å². The third kappa shape index (κ3) is 1.50. The van der Waals surface area contributed by atoms with Gasteiger partial charge in [0.1, 0.15) is 12.4 Å². The minimum atomic E-state index is -0.984. The highest BCUT2D eigenvalue weighted by molar-refractivity contribution is 5.37. The van der Waals surface area contributed by atoms with Gasteiger partial charge in [-0.3, -0.25) is 25.6 Å². The summed E-state index contributed by atoms with van der Waals surface area (Å²) in [5, 5.41) is 35.7. The van der Waals surface area contributed by atoms with Crippen molar-refractivity contribution in [3.05, 3.63) is 38.0 Å². The number of aromatic nitrogens is 1. The summed E-state index contributed by atoms with van der Waals surface area (Å²) in [5.41, 5.74) is -1.66. The molecule has 0 amide bonds. The second-order valence-electron chi connectivity index (χ2n) is 2.30. The summed E-state index contributed by atoms with van der Waals surface area (Å²) in [6.45, 7) is 0. The fourth-order valence-electron chi connectivity index (χ4n) is 0.825. The van der Waals surface area contributed by atoms with Gasteiger partial charge in [0, 0.05) is 0 Å². The summed E-state index contributed by atoms with van der Waals surface area (Å²) in [4.78, 5) is 18.6. The summed E-state index contributed by atoms with van der Waals surface area (Å²) >= 11 is 0. The summed E-state index contributed by atoms with van der Waals surface area (Å²) in [7, 11) is 0. The Labute approximate surface area is 75.6 Å². The zero-order valence-electron chi connectivity index (χ0n) is 6.58. The Bertz CT molecular complexity index is 425. The molecule has 0 saturated carbocycles. The molecule has 0 aliphatic heterocycles. The van der Waals surface area contributed by atoms with Gasteiger partial charge in [-0.25, -0.2) is 0 Å². The number of nitrogens with one attached hydrogen (secondary N) is 1. The van der Waals surface area contributed by atoms with E-state index in [1.807, 2.05) is 0 Å². The molecule has 2 N–H and O–H groups in total. The molecule has 9 nitrogen and oxygen atoms in total. The molecule has 1 heterocycles. The van der Waals surface area contributed by atoms with Crippen LogP contribution in [0.3, 0.4) is 0 Å². The molecule has 0 fully saturated rings. The number of rotatable bonds is 2. The van der Waals surface area contributed by atoms with Crippen molar-refractivity contribution in [2.24, 2.45) is 0 Å². The molecule has 0 aromatic carbocycles. The predicted molar refractivity (Wildman–Crippen MR) is 40.8 cm³/mol. The quantitative estimate of drug-likeness (QED) is 0.394. The molecule has 0 saturated heterocycles. The summed E-state index contributed by atoms with van der Waals surface area (Å²) in [6.07, 6.45) is 1.21. The molecular formula is C5H4N4O5. The Kier molecular flexibility index (Phi) is 2.15. The van der Waals surface area contributed by atoms with Gasteiger partial charge in [-0.1, -0.05) is 0 Å². The Morgan fingerprint density at radius 3 is 1.86 bits per heavy atom. The lowest BCUT2D eigenvalue weighted by atomic mass is 10.3. The molecule has 0 bridgehead atoms. The first-order chi connectivity index (χ1) is 6.43. The second-order valence-corrected chi connectivity index (χ2v) is 2.30. The van der Waals surface area contributed by atoms with Gasteiger partial charge >= 0.3 is 11.4 Å². The van der Waals surface area contributed by atoms with Gasteiger partial charge in [-0.2, -0.15) is 4.73 Å². The van der Waals surface area contributed by atoms with E-state index < -0.39 is 26.6 Å². The molecule has 0 radical (unpaired) electrons. The van der Waals surface area contributed by atoms with E-state index in [4.69, 9.17) is 10.6 Å². The van der Waals surface area contributed by atoms with E-state index in [-0.39, 0.29) is 4.73 Å². The molecule has 1 aromatic rings. The number of hydrogen-bond acceptors (Lipinski definition) is 6. The SMILES string of the molecule is N=c1c([N+](=O)[O-])cn(O)cc1[N+](=O)[O-]. The van der Waals surface area contributed by atoms with Crippen LogP contribution in [-0.4, -0.2) is 19.8 Å². The highest BCUT2D eigenvalue weighted by atomic mass is 16.6. The molecule has 0 aliphatic rings. The van der Waals surface area contributed by atoms with Gasteiger partial charge in [0.05, 0.1) is 9.85 Å². The molecular weight excluding hydrogens is 196 g/mol. The molecule has 74 valence electrons. The standard InChI is InChI=1S/C5H4N4O5/c6-5-3(8(11)12)1-7(10)2-4(5)9(13)14/h1-2,6,10H. The number of pyridine rings is 1. The van der Waals surface area contributed by atoms with Crippen LogP contribution in [0, 0.1) is 25.6 Å². The average Bonchev–Trinajstić information content (AvgIpc) is 2.07. The highest BCUT2D eigenvalue weighted by Crippen LogP contribution is 2.09. The number of nitro groups is 2. The summed E-state index contributed by atoms with van der Waals surface area (Å²) < 4.78 is 0.175. The Hall–Kier alpha value is -2.45. The molecule has 0 aliphatic carbocycles. The van der Waals surface area contributed by atoms with Crippen molar-refractivity contribution in [3.8, 4) is 0 Å². The Morgan fingerprint density at radius 2 is 1.57 bits per heavy atom. The van der Waals surface area contributed by atoms with Crippen molar-refractivity contribution in [1.29, 1.82) is 5.41 Å². The van der Waals surface area contributed by atoms with E-state index in [9.17, 15) is 20.2 Å². The molecule has 1 rings (SSSR count). The molecule has 0 unspecified atom stereocenters. The van der Waals surface area contributed by atoms with Crippen molar-refractivity contribution in [2.75, 3.05) is 0 Å². The minimum absolute atomic E-state index is 0.175. The van der Waals surface area contributed by atoms with Crippen molar-refractivity contribution in [2.45, 2.75) is 0 Å². The van der Waals surface area contributed by atoms with Gasteiger partial charge in [0.15, 0.2) is 0 Å². The van der Waals surface area contributed by atoms with Gasteiger partial charge in [0.25, 0.3) is 0 Å². The van der Waals surface area contributed by atoms with E-state index in [1.54, 1.807) is 0 Å². The van der Waals surface area contributed by atoms with E-state index in [2.05, 4.69) is 0 Å². The van der Waals surface area contributed by atoms with E-state index in [1.165, 1.54) is 0 Å². The Balaban J connectivity index is 3.56. The molecule has 14 heavy (non-hydrogen) atoms. The van der Waals surface area contributed by atoms with Crippen molar-refractivity contribution >= 4 is 11.4 Å². The van der Waals surface area contributed by atoms with Crippen LogP contribution in [0.4, 0.5) is 11.4 Å². The lowest BCUT2D eigenvalue weighted by Gasteiger charge is -1.97. The van der Waals surface area contributed by atoms with Crippen LogP contribution in [0.5, 0.6) is 0 Å². The van der Waals surface area contributed by atoms with Crippen LogP contribution in [-0.2, 0) is 0 Å². The smallest absolute Gasteiger partial charge is 0.320 e. The van der Waals surface area contributed by atoms with E-state index in [0.717, 1.165) is 0 Å². The third-order valence-corrected chi connectivity index (χ3v) is 1.41. The fourth-order valence-corrected chi connectivity index (χ4v) is 0.825. The number of nitrogens with zero attached hydrogens (tertiary/aromatic N) is 3. The fraction of sp³-hybridized carbons (Fsp3) is 0. The first kappa shape index (κ1) is 9.64. The van der Waals surface area contributed by atoms with Crippen LogP contribution < -0.4 is 5.36 Å². The first-order valence-electron chi connectivity index (χ1n) is 3.22. The zero-order valence-corrected chi connectivity index (χ0v) is 6.58. The van der Waals surface area contributed by atoms with E-state index >= 15 is 0 Å². The average molecular weight is 200 g/mol. The maximum atomic E-state index is 10.3. The minimum Gasteiger partial charge on any atom is -0.429 e. The van der Waals surface area contributed by atoms with Crippen molar-refractivity contribution in [1.82, 2.24) is 4.73 Å². The van der Waals surface area contributed by atoms with Gasteiger partial charge in [0.2, 0.25) is 5.36 Å². The maximum Gasteiger partial charge on any atom is 0.320 e. The van der Waals surface area contributed by atoms with E-state index in [0.29, 0.717) is 12.4 Å². The molecule has 9 heteroatoms. The predicted octanol–water partition coefficient (Wildman–Crippen LogP) is 0.0213. The van der Waals surface area contributed by atoms with Gasteiger partial charge in [-0.05, 0) is 0 Å². The topological polar surface area (TPSA) is 135 Å². The first-order valence-corrected chi connectivity index (χ1v) is 3.22. The normalized spacial score (nSPS) is 9.71. The zero-order chi connectivity index (χ0) is 10.9. The molecule has 1 aromatic heterocycles. The monoisotopic (exact) mass is 200 g/mol. The number of hydrogen-bond donors (Lipinski definition) is 2. The Morgan fingerprint density at radius 1 is 1.21 bits per heavy atom. The van der Waals surface area contributed by atoms with Crippen LogP contribution in [0.2, 0.25) is 0 Å². The lowest BCUT2D eigenvalue weighted by Crippen LogP contribution is -2.15. The molecule has 0 atom stereocenters. The maximum absolute atomic E-state index is 10.3. The van der Waals surface area contributed by atoms with Gasteiger partial charge in [-0.15, -0.1) is 0 Å². The molecule has 0 spiro atoms. The summed E-state index contributed by atoms with van der Waals surface area (Å²) in [6, 6.07) is 0. The lowest BCUT2D eigenvalue weighted by molar-refractivity contribution is -0.398. The summed E-state index contributed by atoms with van der Waals surface area (Å²) in [5.74, 6) is 0. The van der Waals surface area contributed by atoms with Crippen LogP contribution >= 0.6 is 0 Å². The van der Waals surface area contributed by atoms with Crippen molar-refractivity contribution < 1.29 is 15.1 Å².